The molecule has 0 spiro atoms. The molecule has 2 N–H and O–H groups in total. The first-order valence-electron chi connectivity index (χ1n) is 10.6. The number of aliphatic hydroxyl groups is 2. The molecular weight excluding hydrogens is 408 g/mol. The van der Waals surface area contributed by atoms with Crippen LogP contribution in [0.5, 0.6) is 11.5 Å². The second-order valence-electron chi connectivity index (χ2n) is 7.75. The molecule has 1 heterocycles. The van der Waals surface area contributed by atoms with Crippen LogP contribution in [0.15, 0.2) is 78.9 Å². The van der Waals surface area contributed by atoms with E-state index in [0.717, 1.165) is 28.2 Å². The first-order valence-corrected chi connectivity index (χ1v) is 10.6. The van der Waals surface area contributed by atoms with Gasteiger partial charge in [-0.05, 0) is 41.0 Å². The first kappa shape index (κ1) is 22.3. The lowest BCUT2D eigenvalue weighted by Crippen LogP contribution is -2.38. The van der Waals surface area contributed by atoms with Crippen molar-refractivity contribution in [2.24, 2.45) is 0 Å². The molecule has 3 aromatic rings. The molecule has 4 rings (SSSR count). The van der Waals surface area contributed by atoms with Gasteiger partial charge in [-0.3, -0.25) is 0 Å². The van der Waals surface area contributed by atoms with E-state index >= 15 is 0 Å². The summed E-state index contributed by atoms with van der Waals surface area (Å²) in [5.74, 6) is 1.48. The predicted molar refractivity (Wildman–Crippen MR) is 120 cm³/mol. The molecule has 0 saturated carbocycles. The maximum absolute atomic E-state index is 10.3. The molecule has 0 unspecified atom stereocenters. The van der Waals surface area contributed by atoms with E-state index in [1.54, 1.807) is 14.2 Å². The van der Waals surface area contributed by atoms with E-state index in [0.29, 0.717) is 0 Å². The molecule has 0 radical (unpaired) electrons. The zero-order valence-electron chi connectivity index (χ0n) is 18.2. The van der Waals surface area contributed by atoms with Gasteiger partial charge in [0.25, 0.3) is 0 Å². The van der Waals surface area contributed by atoms with Gasteiger partial charge in [-0.25, -0.2) is 0 Å². The fraction of sp³-hybridized carbons (Fsp3) is 0.308. The second-order valence-corrected chi connectivity index (χ2v) is 7.75. The minimum atomic E-state index is -0.994. The summed E-state index contributed by atoms with van der Waals surface area (Å²) < 4.78 is 22.9. The van der Waals surface area contributed by atoms with Crippen LogP contribution < -0.4 is 9.47 Å². The van der Waals surface area contributed by atoms with Crippen LogP contribution in [0.4, 0.5) is 0 Å². The number of hydrogen-bond acceptors (Lipinski definition) is 6. The van der Waals surface area contributed by atoms with E-state index in [-0.39, 0.29) is 13.0 Å². The molecular formula is C26H28O6. The Labute approximate surface area is 188 Å². The van der Waals surface area contributed by atoms with E-state index in [9.17, 15) is 10.2 Å². The summed E-state index contributed by atoms with van der Waals surface area (Å²) >= 11 is 0. The van der Waals surface area contributed by atoms with E-state index in [2.05, 4.69) is 0 Å². The number of rotatable bonds is 8. The standard InChI is InChI=1S/C26H28O6/c1-29-21-12-8-19(9-13-21)26(18-6-4-3-5-7-18,20-10-14-22(30-2)15-11-20)31-17-24-23(27)16-25(28)32-24/h3-15,23-25,27-28H,16-17H2,1-2H3/t23-,24+,25+/m0/s1. The fourth-order valence-corrected chi connectivity index (χ4v) is 4.14. The third-order valence-corrected chi connectivity index (χ3v) is 5.84. The van der Waals surface area contributed by atoms with Gasteiger partial charge in [0, 0.05) is 6.42 Å². The lowest BCUT2D eigenvalue weighted by atomic mass is 9.80. The molecule has 1 saturated heterocycles. The lowest BCUT2D eigenvalue weighted by Gasteiger charge is -2.37. The Kier molecular flexibility index (Phi) is 6.77. The molecule has 0 aromatic heterocycles. The largest absolute Gasteiger partial charge is 0.497 e. The molecule has 0 bridgehead atoms. The van der Waals surface area contributed by atoms with Gasteiger partial charge in [0.1, 0.15) is 23.2 Å². The lowest BCUT2D eigenvalue weighted by molar-refractivity contribution is -0.130. The van der Waals surface area contributed by atoms with E-state index in [1.165, 1.54) is 0 Å². The van der Waals surface area contributed by atoms with Gasteiger partial charge in [-0.2, -0.15) is 0 Å². The normalized spacial score (nSPS) is 20.8. The van der Waals surface area contributed by atoms with Gasteiger partial charge < -0.3 is 29.2 Å². The van der Waals surface area contributed by atoms with Crippen LogP contribution in [-0.2, 0) is 15.1 Å². The highest BCUT2D eigenvalue weighted by Crippen LogP contribution is 2.42. The summed E-state index contributed by atoms with van der Waals surface area (Å²) in [6, 6.07) is 25.4. The van der Waals surface area contributed by atoms with Crippen molar-refractivity contribution in [2.75, 3.05) is 20.8 Å². The molecule has 3 aromatic carbocycles. The maximum atomic E-state index is 10.3. The number of benzene rings is 3. The van der Waals surface area contributed by atoms with Gasteiger partial charge >= 0.3 is 0 Å². The van der Waals surface area contributed by atoms with Gasteiger partial charge in [0.2, 0.25) is 0 Å². The molecule has 3 atom stereocenters. The molecule has 168 valence electrons. The quantitative estimate of drug-likeness (QED) is 0.527. The Hall–Kier alpha value is -2.90. The van der Waals surface area contributed by atoms with Crippen LogP contribution in [0, 0.1) is 0 Å². The second kappa shape index (κ2) is 9.71. The third-order valence-electron chi connectivity index (χ3n) is 5.84. The van der Waals surface area contributed by atoms with Gasteiger partial charge in [-0.1, -0.05) is 54.6 Å². The Morgan fingerprint density at radius 3 is 1.72 bits per heavy atom. The molecule has 1 aliphatic heterocycles. The van der Waals surface area contributed by atoms with Gasteiger partial charge in [0.15, 0.2) is 6.29 Å². The van der Waals surface area contributed by atoms with Crippen LogP contribution in [0.25, 0.3) is 0 Å². The summed E-state index contributed by atoms with van der Waals surface area (Å²) in [6.07, 6.45) is -2.27. The predicted octanol–water partition coefficient (Wildman–Crippen LogP) is 3.48. The highest BCUT2D eigenvalue weighted by molar-refractivity contribution is 5.49. The van der Waals surface area contributed by atoms with Crippen molar-refractivity contribution in [3.63, 3.8) is 0 Å². The summed E-state index contributed by atoms with van der Waals surface area (Å²) in [4.78, 5) is 0. The number of methoxy groups -OCH3 is 2. The third kappa shape index (κ3) is 4.36. The Morgan fingerprint density at radius 1 is 0.781 bits per heavy atom. The minimum Gasteiger partial charge on any atom is -0.497 e. The molecule has 0 aliphatic carbocycles. The van der Waals surface area contributed by atoms with Crippen molar-refractivity contribution in [1.82, 2.24) is 0 Å². The van der Waals surface area contributed by atoms with Crippen molar-refractivity contribution < 1.29 is 29.2 Å². The zero-order valence-corrected chi connectivity index (χ0v) is 18.2. The Bertz CT molecular complexity index is 940. The van der Waals surface area contributed by atoms with Crippen LogP contribution in [-0.4, -0.2) is 49.5 Å². The summed E-state index contributed by atoms with van der Waals surface area (Å²) in [5, 5.41) is 20.1. The van der Waals surface area contributed by atoms with Crippen molar-refractivity contribution in [1.29, 1.82) is 0 Å². The van der Waals surface area contributed by atoms with E-state index in [4.69, 9.17) is 18.9 Å². The van der Waals surface area contributed by atoms with E-state index in [1.807, 2.05) is 78.9 Å². The SMILES string of the molecule is COc1ccc(C(OC[C@H]2O[C@@H](O)C[C@@H]2O)(c2ccccc2)c2ccc(OC)cc2)cc1. The highest BCUT2D eigenvalue weighted by Gasteiger charge is 2.41. The van der Waals surface area contributed by atoms with Gasteiger partial charge in [-0.15, -0.1) is 0 Å². The topological polar surface area (TPSA) is 77.4 Å². The molecule has 32 heavy (non-hydrogen) atoms. The van der Waals surface area contributed by atoms with Crippen molar-refractivity contribution in [3.8, 4) is 11.5 Å². The summed E-state index contributed by atoms with van der Waals surface area (Å²) in [5.41, 5.74) is 1.71. The summed E-state index contributed by atoms with van der Waals surface area (Å²) in [7, 11) is 3.26. The zero-order chi connectivity index (χ0) is 22.6. The highest BCUT2D eigenvalue weighted by atomic mass is 16.6. The smallest absolute Gasteiger partial charge is 0.157 e. The van der Waals surface area contributed by atoms with Crippen molar-refractivity contribution >= 4 is 0 Å². The van der Waals surface area contributed by atoms with Crippen LogP contribution >= 0.6 is 0 Å². The maximum Gasteiger partial charge on any atom is 0.157 e. The first-order chi connectivity index (χ1) is 15.6. The van der Waals surface area contributed by atoms with Gasteiger partial charge in [0.05, 0.1) is 26.9 Å². The Balaban J connectivity index is 1.84. The molecule has 6 nitrogen and oxygen atoms in total. The average Bonchev–Trinajstić information content (AvgIpc) is 3.17. The number of ether oxygens (including phenoxy) is 4. The molecule has 1 fully saturated rings. The van der Waals surface area contributed by atoms with E-state index < -0.39 is 24.1 Å². The minimum absolute atomic E-state index is 0.0885. The van der Waals surface area contributed by atoms with Crippen LogP contribution in [0.2, 0.25) is 0 Å². The monoisotopic (exact) mass is 436 g/mol. The molecule has 0 amide bonds. The van der Waals surface area contributed by atoms with Crippen LogP contribution in [0.1, 0.15) is 23.1 Å². The number of hydrogen-bond donors (Lipinski definition) is 2. The van der Waals surface area contributed by atoms with Crippen molar-refractivity contribution in [2.45, 2.75) is 30.5 Å². The fourth-order valence-electron chi connectivity index (χ4n) is 4.14. The Morgan fingerprint density at radius 2 is 1.28 bits per heavy atom. The summed E-state index contributed by atoms with van der Waals surface area (Å²) in [6.45, 7) is 0.0885. The number of aliphatic hydroxyl groups excluding tert-OH is 2. The molecule has 6 heteroatoms. The van der Waals surface area contributed by atoms with Crippen LogP contribution in [0.3, 0.4) is 0 Å². The average molecular weight is 437 g/mol. The molecule has 1 aliphatic rings. The van der Waals surface area contributed by atoms with Crippen molar-refractivity contribution in [3.05, 3.63) is 95.6 Å².